The molecule has 5 heteroatoms. The Morgan fingerprint density at radius 3 is 2.82 bits per heavy atom. The summed E-state index contributed by atoms with van der Waals surface area (Å²) in [6.07, 6.45) is 5.59. The van der Waals surface area contributed by atoms with Gasteiger partial charge in [0.15, 0.2) is 12.6 Å². The first-order valence-corrected chi connectivity index (χ1v) is 8.96. The second-order valence-corrected chi connectivity index (χ2v) is 6.79. The van der Waals surface area contributed by atoms with Gasteiger partial charge in [0.2, 0.25) is 0 Å². The van der Waals surface area contributed by atoms with E-state index in [1.165, 1.54) is 18.4 Å². The van der Waals surface area contributed by atoms with E-state index >= 15 is 0 Å². The maximum absolute atomic E-state index is 5.90. The van der Waals surface area contributed by atoms with Crippen LogP contribution in [0.25, 0.3) is 0 Å². The predicted octanol–water partition coefficient (Wildman–Crippen LogP) is 3.97. The largest absolute Gasteiger partial charge is 0.492 e. The first-order chi connectivity index (χ1) is 10.7. The minimum absolute atomic E-state index is 0.00133. The SMILES string of the molecule is CC1OC(CCCCOc2cccc(CNC3CC3)c2Br)O1. The minimum atomic E-state index is -0.0239. The lowest BCUT2D eigenvalue weighted by Crippen LogP contribution is -2.38. The molecule has 0 radical (unpaired) electrons. The highest BCUT2D eigenvalue weighted by Gasteiger charge is 2.25. The van der Waals surface area contributed by atoms with Crippen molar-refractivity contribution in [2.45, 2.75) is 64.2 Å². The zero-order chi connectivity index (χ0) is 15.4. The third-order valence-electron chi connectivity index (χ3n) is 3.98. The van der Waals surface area contributed by atoms with Gasteiger partial charge in [-0.15, -0.1) is 0 Å². The van der Waals surface area contributed by atoms with Gasteiger partial charge in [0.05, 0.1) is 11.1 Å². The highest BCUT2D eigenvalue weighted by Crippen LogP contribution is 2.30. The van der Waals surface area contributed by atoms with Crippen molar-refractivity contribution in [2.24, 2.45) is 0 Å². The summed E-state index contributed by atoms with van der Waals surface area (Å²) in [5, 5.41) is 3.53. The molecule has 4 nitrogen and oxygen atoms in total. The van der Waals surface area contributed by atoms with Crippen LogP contribution in [0.15, 0.2) is 22.7 Å². The van der Waals surface area contributed by atoms with Gasteiger partial charge in [-0.3, -0.25) is 0 Å². The standard InChI is InChI=1S/C17H24BrNO3/c1-12-21-16(22-12)7-2-3-10-20-15-6-4-5-13(17(15)18)11-19-14-8-9-14/h4-6,12,14,16,19H,2-3,7-11H2,1H3. The zero-order valence-corrected chi connectivity index (χ0v) is 14.6. The lowest BCUT2D eigenvalue weighted by atomic mass is 10.2. The van der Waals surface area contributed by atoms with Crippen molar-refractivity contribution >= 4 is 15.9 Å². The molecule has 0 amide bonds. The summed E-state index contributed by atoms with van der Waals surface area (Å²) in [6, 6.07) is 6.93. The topological polar surface area (TPSA) is 39.7 Å². The Labute approximate surface area is 140 Å². The monoisotopic (exact) mass is 369 g/mol. The van der Waals surface area contributed by atoms with Crippen molar-refractivity contribution in [3.63, 3.8) is 0 Å². The van der Waals surface area contributed by atoms with Crippen molar-refractivity contribution in [2.75, 3.05) is 6.61 Å². The molecule has 1 N–H and O–H groups in total. The van der Waals surface area contributed by atoms with Crippen molar-refractivity contribution in [1.29, 1.82) is 0 Å². The third-order valence-corrected chi connectivity index (χ3v) is 4.88. The molecule has 1 aliphatic carbocycles. The van der Waals surface area contributed by atoms with Crippen LogP contribution in [0, 0.1) is 0 Å². The van der Waals surface area contributed by atoms with Crippen LogP contribution in [0.2, 0.25) is 0 Å². The van der Waals surface area contributed by atoms with Crippen molar-refractivity contribution < 1.29 is 14.2 Å². The van der Waals surface area contributed by atoms with Crippen LogP contribution in [-0.2, 0) is 16.0 Å². The molecule has 1 saturated carbocycles. The van der Waals surface area contributed by atoms with E-state index < -0.39 is 0 Å². The van der Waals surface area contributed by atoms with Crippen molar-refractivity contribution in [1.82, 2.24) is 5.32 Å². The Morgan fingerprint density at radius 1 is 1.27 bits per heavy atom. The molecule has 0 bridgehead atoms. The van der Waals surface area contributed by atoms with Gasteiger partial charge < -0.3 is 19.5 Å². The number of benzene rings is 1. The number of hydrogen-bond acceptors (Lipinski definition) is 4. The van der Waals surface area contributed by atoms with Gasteiger partial charge >= 0.3 is 0 Å². The molecule has 1 aliphatic heterocycles. The Bertz CT molecular complexity index is 487. The first kappa shape index (κ1) is 16.2. The molecule has 22 heavy (non-hydrogen) atoms. The normalized spacial score (nSPS) is 24.1. The van der Waals surface area contributed by atoms with Gasteiger partial charge in [0.1, 0.15) is 5.75 Å². The highest BCUT2D eigenvalue weighted by molar-refractivity contribution is 9.10. The van der Waals surface area contributed by atoms with Gasteiger partial charge in [-0.1, -0.05) is 12.1 Å². The Balaban J connectivity index is 1.36. The van der Waals surface area contributed by atoms with Gasteiger partial charge in [-0.2, -0.15) is 0 Å². The summed E-state index contributed by atoms with van der Waals surface area (Å²) < 4.78 is 17.8. The van der Waals surface area contributed by atoms with Crippen LogP contribution in [0.1, 0.15) is 44.6 Å². The molecule has 3 rings (SSSR count). The number of unbranched alkanes of at least 4 members (excludes halogenated alkanes) is 1. The smallest absolute Gasteiger partial charge is 0.163 e. The first-order valence-electron chi connectivity index (χ1n) is 8.17. The number of hydrogen-bond donors (Lipinski definition) is 1. The van der Waals surface area contributed by atoms with Crippen LogP contribution in [0.3, 0.4) is 0 Å². The molecule has 2 fully saturated rings. The number of halogens is 1. The maximum Gasteiger partial charge on any atom is 0.163 e. The van der Waals surface area contributed by atoms with E-state index in [1.54, 1.807) is 0 Å². The van der Waals surface area contributed by atoms with Crippen LogP contribution in [0.5, 0.6) is 5.75 Å². The summed E-state index contributed by atoms with van der Waals surface area (Å²) >= 11 is 3.67. The van der Waals surface area contributed by atoms with Crippen LogP contribution >= 0.6 is 15.9 Å². The molecule has 0 spiro atoms. The third kappa shape index (κ3) is 4.69. The van der Waals surface area contributed by atoms with E-state index in [2.05, 4.69) is 33.4 Å². The Hall–Kier alpha value is -0.620. The average Bonchev–Trinajstić information content (AvgIpc) is 3.29. The molecule has 1 aromatic rings. The fourth-order valence-corrected chi connectivity index (χ4v) is 3.03. The number of ether oxygens (including phenoxy) is 3. The van der Waals surface area contributed by atoms with Gasteiger partial charge in [0, 0.05) is 12.6 Å². The van der Waals surface area contributed by atoms with Crippen LogP contribution < -0.4 is 10.1 Å². The average molecular weight is 370 g/mol. The van der Waals surface area contributed by atoms with Crippen molar-refractivity contribution in [3.8, 4) is 5.75 Å². The molecule has 1 heterocycles. The number of rotatable bonds is 9. The summed E-state index contributed by atoms with van der Waals surface area (Å²) in [5.74, 6) is 0.930. The lowest BCUT2D eigenvalue weighted by Gasteiger charge is -2.33. The Morgan fingerprint density at radius 2 is 2.09 bits per heavy atom. The van der Waals surface area contributed by atoms with Gasteiger partial charge in [0.25, 0.3) is 0 Å². The summed E-state index contributed by atoms with van der Waals surface area (Å²) in [6.45, 7) is 3.54. The zero-order valence-electron chi connectivity index (χ0n) is 13.0. The molecule has 1 aromatic carbocycles. The molecule has 0 aromatic heterocycles. The molecule has 2 aliphatic rings. The summed E-state index contributed by atoms with van der Waals surface area (Å²) in [7, 11) is 0. The highest BCUT2D eigenvalue weighted by atomic mass is 79.9. The quantitative estimate of drug-likeness (QED) is 0.668. The summed E-state index contributed by atoms with van der Waals surface area (Å²) in [5.41, 5.74) is 1.26. The van der Waals surface area contributed by atoms with E-state index in [4.69, 9.17) is 14.2 Å². The van der Waals surface area contributed by atoms with E-state index in [1.807, 2.05) is 13.0 Å². The van der Waals surface area contributed by atoms with E-state index in [0.29, 0.717) is 0 Å². The molecule has 1 saturated heterocycles. The number of nitrogens with one attached hydrogen (secondary N) is 1. The molecular formula is C17H24BrNO3. The summed E-state index contributed by atoms with van der Waals surface area (Å²) in [4.78, 5) is 0. The van der Waals surface area contributed by atoms with E-state index in [0.717, 1.165) is 48.7 Å². The second-order valence-electron chi connectivity index (χ2n) is 6.00. The van der Waals surface area contributed by atoms with Crippen LogP contribution in [0.4, 0.5) is 0 Å². The predicted molar refractivity (Wildman–Crippen MR) is 88.8 cm³/mol. The molecule has 0 unspecified atom stereocenters. The van der Waals surface area contributed by atoms with Gasteiger partial charge in [-0.25, -0.2) is 0 Å². The molecule has 0 atom stereocenters. The van der Waals surface area contributed by atoms with Crippen molar-refractivity contribution in [3.05, 3.63) is 28.2 Å². The Kier molecular flexibility index (Phi) is 5.74. The van der Waals surface area contributed by atoms with Crippen LogP contribution in [-0.4, -0.2) is 25.2 Å². The second kappa shape index (κ2) is 7.77. The van der Waals surface area contributed by atoms with E-state index in [-0.39, 0.29) is 12.6 Å². The van der Waals surface area contributed by atoms with Gasteiger partial charge in [-0.05, 0) is 66.6 Å². The molecule has 122 valence electrons. The minimum Gasteiger partial charge on any atom is -0.492 e. The fraction of sp³-hybridized carbons (Fsp3) is 0.647. The fourth-order valence-electron chi connectivity index (χ4n) is 2.51. The lowest BCUT2D eigenvalue weighted by molar-refractivity contribution is -0.377. The maximum atomic E-state index is 5.90. The van der Waals surface area contributed by atoms with E-state index in [9.17, 15) is 0 Å². The molecular weight excluding hydrogens is 346 g/mol.